The molecule has 2 atom stereocenters. The molecule has 6 nitrogen and oxygen atoms in total. The first-order valence-electron chi connectivity index (χ1n) is 7.26. The number of aliphatic hydroxyl groups is 2. The standard InChI is InChI=1S/C17H18ClNO5/c18-12-6-7-13(14(20)8-12)16(22)15(21)9-19-17(23)24-10-11-4-2-1-3-5-11/h1-8,15-16,20-22H,9-10H2,(H,19,23). The smallest absolute Gasteiger partial charge is 0.407 e. The lowest BCUT2D eigenvalue weighted by Crippen LogP contribution is -2.35. The number of halogens is 1. The van der Waals surface area contributed by atoms with E-state index in [1.807, 2.05) is 30.3 Å². The van der Waals surface area contributed by atoms with Gasteiger partial charge in [-0.2, -0.15) is 0 Å². The van der Waals surface area contributed by atoms with Crippen molar-refractivity contribution in [2.75, 3.05) is 6.54 Å². The molecular weight excluding hydrogens is 334 g/mol. The van der Waals surface area contributed by atoms with Crippen LogP contribution in [0, 0.1) is 0 Å². The molecule has 0 radical (unpaired) electrons. The largest absolute Gasteiger partial charge is 0.508 e. The maximum atomic E-state index is 11.6. The maximum Gasteiger partial charge on any atom is 0.407 e. The summed E-state index contributed by atoms with van der Waals surface area (Å²) in [5.41, 5.74) is 0.950. The Balaban J connectivity index is 1.81. The number of hydrogen-bond acceptors (Lipinski definition) is 5. The van der Waals surface area contributed by atoms with Crippen molar-refractivity contribution in [3.8, 4) is 5.75 Å². The molecule has 4 N–H and O–H groups in total. The fourth-order valence-electron chi connectivity index (χ4n) is 2.05. The van der Waals surface area contributed by atoms with Crippen LogP contribution in [0.5, 0.6) is 5.75 Å². The Kier molecular flexibility index (Phi) is 6.43. The predicted molar refractivity (Wildman–Crippen MR) is 88.7 cm³/mol. The molecule has 0 saturated heterocycles. The lowest BCUT2D eigenvalue weighted by molar-refractivity contribution is 0.0171. The van der Waals surface area contributed by atoms with E-state index in [1.165, 1.54) is 18.2 Å². The van der Waals surface area contributed by atoms with E-state index in [4.69, 9.17) is 16.3 Å². The third-order valence-corrected chi connectivity index (χ3v) is 3.58. The van der Waals surface area contributed by atoms with Crippen molar-refractivity contribution in [1.82, 2.24) is 5.32 Å². The molecule has 0 aliphatic rings. The zero-order valence-corrected chi connectivity index (χ0v) is 13.5. The van der Waals surface area contributed by atoms with Crippen LogP contribution in [0.4, 0.5) is 4.79 Å². The van der Waals surface area contributed by atoms with E-state index in [-0.39, 0.29) is 24.5 Å². The number of alkyl carbamates (subject to hydrolysis) is 1. The van der Waals surface area contributed by atoms with Crippen molar-refractivity contribution in [2.45, 2.75) is 18.8 Å². The van der Waals surface area contributed by atoms with Crippen LogP contribution >= 0.6 is 11.6 Å². The monoisotopic (exact) mass is 351 g/mol. The SMILES string of the molecule is O=C(NCC(O)C(O)c1ccc(Cl)cc1O)OCc1ccccc1. The molecule has 0 heterocycles. The molecule has 0 aromatic heterocycles. The number of aliphatic hydroxyl groups excluding tert-OH is 2. The summed E-state index contributed by atoms with van der Waals surface area (Å²) in [6.45, 7) is -0.139. The van der Waals surface area contributed by atoms with Gasteiger partial charge in [0, 0.05) is 17.1 Å². The number of aromatic hydroxyl groups is 1. The molecule has 0 aliphatic carbocycles. The van der Waals surface area contributed by atoms with Crippen molar-refractivity contribution in [2.24, 2.45) is 0 Å². The average molecular weight is 352 g/mol. The highest BCUT2D eigenvalue weighted by Crippen LogP contribution is 2.29. The van der Waals surface area contributed by atoms with E-state index in [0.717, 1.165) is 5.56 Å². The Labute approximate surface area is 144 Å². The van der Waals surface area contributed by atoms with Gasteiger partial charge in [-0.1, -0.05) is 48.0 Å². The Bertz CT molecular complexity index is 680. The van der Waals surface area contributed by atoms with Crippen LogP contribution in [0.1, 0.15) is 17.2 Å². The van der Waals surface area contributed by atoms with Crippen LogP contribution in [-0.4, -0.2) is 34.1 Å². The van der Waals surface area contributed by atoms with Crippen LogP contribution < -0.4 is 5.32 Å². The Hall–Kier alpha value is -2.28. The number of ether oxygens (including phenoxy) is 1. The Morgan fingerprint density at radius 2 is 1.88 bits per heavy atom. The minimum atomic E-state index is -1.38. The van der Waals surface area contributed by atoms with Gasteiger partial charge in [0.1, 0.15) is 24.6 Å². The molecule has 0 fully saturated rings. The highest BCUT2D eigenvalue weighted by Gasteiger charge is 2.22. The first kappa shape index (κ1) is 18.1. The van der Waals surface area contributed by atoms with Crippen molar-refractivity contribution in [3.63, 3.8) is 0 Å². The van der Waals surface area contributed by atoms with E-state index in [1.54, 1.807) is 0 Å². The number of phenolic OH excluding ortho intramolecular Hbond substituents is 1. The fraction of sp³-hybridized carbons (Fsp3) is 0.235. The highest BCUT2D eigenvalue weighted by atomic mass is 35.5. The summed E-state index contributed by atoms with van der Waals surface area (Å²) in [6, 6.07) is 13.3. The molecule has 2 unspecified atom stereocenters. The number of benzene rings is 2. The molecule has 7 heteroatoms. The van der Waals surface area contributed by atoms with Crippen LogP contribution in [0.3, 0.4) is 0 Å². The molecule has 1 amide bonds. The highest BCUT2D eigenvalue weighted by molar-refractivity contribution is 6.30. The molecule has 2 aromatic carbocycles. The molecule has 2 aromatic rings. The average Bonchev–Trinajstić information content (AvgIpc) is 2.58. The summed E-state index contributed by atoms with van der Waals surface area (Å²) in [5, 5.41) is 32.4. The topological polar surface area (TPSA) is 99.0 Å². The number of amides is 1. The normalized spacial score (nSPS) is 13.1. The summed E-state index contributed by atoms with van der Waals surface area (Å²) in [4.78, 5) is 11.6. The fourth-order valence-corrected chi connectivity index (χ4v) is 2.21. The number of rotatable bonds is 6. The minimum absolute atomic E-state index is 0.100. The third-order valence-electron chi connectivity index (χ3n) is 3.34. The molecule has 0 aliphatic heterocycles. The number of phenols is 1. The lowest BCUT2D eigenvalue weighted by atomic mass is 10.0. The maximum absolute atomic E-state index is 11.6. The van der Waals surface area contributed by atoms with Gasteiger partial charge in [-0.05, 0) is 17.7 Å². The number of nitrogens with one attached hydrogen (secondary N) is 1. The first-order valence-corrected chi connectivity index (χ1v) is 7.64. The molecule has 128 valence electrons. The number of hydrogen-bond donors (Lipinski definition) is 4. The van der Waals surface area contributed by atoms with Crippen LogP contribution in [-0.2, 0) is 11.3 Å². The van der Waals surface area contributed by atoms with Crippen LogP contribution in [0.2, 0.25) is 5.02 Å². The molecule has 2 rings (SSSR count). The third kappa shape index (κ3) is 5.13. The second-order valence-corrected chi connectivity index (χ2v) is 5.59. The lowest BCUT2D eigenvalue weighted by Gasteiger charge is -2.19. The summed E-state index contributed by atoms with van der Waals surface area (Å²) in [7, 11) is 0. The molecule has 0 spiro atoms. The van der Waals surface area contributed by atoms with Gasteiger partial charge >= 0.3 is 6.09 Å². The second-order valence-electron chi connectivity index (χ2n) is 5.16. The molecule has 0 saturated carbocycles. The number of carbonyl (C=O) groups excluding carboxylic acids is 1. The quantitative estimate of drug-likeness (QED) is 0.640. The van der Waals surface area contributed by atoms with Crippen molar-refractivity contribution in [1.29, 1.82) is 0 Å². The van der Waals surface area contributed by atoms with Gasteiger partial charge in [0.15, 0.2) is 0 Å². The zero-order valence-electron chi connectivity index (χ0n) is 12.7. The van der Waals surface area contributed by atoms with Crippen LogP contribution in [0.15, 0.2) is 48.5 Å². The van der Waals surface area contributed by atoms with Gasteiger partial charge in [0.05, 0.1) is 0 Å². The first-order chi connectivity index (χ1) is 11.5. The Morgan fingerprint density at radius 1 is 1.17 bits per heavy atom. The van der Waals surface area contributed by atoms with Crippen molar-refractivity contribution >= 4 is 17.7 Å². The molecule has 0 bridgehead atoms. The minimum Gasteiger partial charge on any atom is -0.508 e. The summed E-state index contributed by atoms with van der Waals surface area (Å²) in [6.07, 6.45) is -3.41. The molecule has 24 heavy (non-hydrogen) atoms. The van der Waals surface area contributed by atoms with Gasteiger partial charge in [0.25, 0.3) is 0 Å². The predicted octanol–water partition coefficient (Wildman–Crippen LogP) is 2.37. The summed E-state index contributed by atoms with van der Waals surface area (Å²) in [5.74, 6) is -0.235. The van der Waals surface area contributed by atoms with E-state index in [0.29, 0.717) is 5.02 Å². The van der Waals surface area contributed by atoms with Gasteiger partial charge in [-0.3, -0.25) is 0 Å². The van der Waals surface area contributed by atoms with Crippen molar-refractivity contribution < 1.29 is 24.9 Å². The van der Waals surface area contributed by atoms with Gasteiger partial charge < -0.3 is 25.4 Å². The zero-order chi connectivity index (χ0) is 17.5. The van der Waals surface area contributed by atoms with E-state index in [9.17, 15) is 20.1 Å². The van der Waals surface area contributed by atoms with Gasteiger partial charge in [-0.15, -0.1) is 0 Å². The van der Waals surface area contributed by atoms with E-state index in [2.05, 4.69) is 5.32 Å². The molecular formula is C17H18ClNO5. The van der Waals surface area contributed by atoms with E-state index < -0.39 is 18.3 Å². The van der Waals surface area contributed by atoms with Crippen molar-refractivity contribution in [3.05, 3.63) is 64.7 Å². The summed E-state index contributed by atoms with van der Waals surface area (Å²) >= 11 is 5.71. The van der Waals surface area contributed by atoms with Gasteiger partial charge in [-0.25, -0.2) is 4.79 Å². The number of carbonyl (C=O) groups is 1. The Morgan fingerprint density at radius 3 is 2.54 bits per heavy atom. The van der Waals surface area contributed by atoms with Gasteiger partial charge in [0.2, 0.25) is 0 Å². The van der Waals surface area contributed by atoms with Crippen LogP contribution in [0.25, 0.3) is 0 Å². The van der Waals surface area contributed by atoms with E-state index >= 15 is 0 Å². The summed E-state index contributed by atoms with van der Waals surface area (Å²) < 4.78 is 4.99. The second kappa shape index (κ2) is 8.54.